The molecule has 2 aromatic carbocycles. The van der Waals surface area contributed by atoms with E-state index in [2.05, 4.69) is 37.0 Å². The van der Waals surface area contributed by atoms with Crippen LogP contribution in [0.5, 0.6) is 11.5 Å². The van der Waals surface area contributed by atoms with Crippen LogP contribution in [-0.2, 0) is 4.79 Å². The number of hydrogen-bond donors (Lipinski definition) is 1. The molecule has 1 N–H and O–H groups in total. The highest BCUT2D eigenvalue weighted by Gasteiger charge is 2.18. The Hall–Kier alpha value is -2.72. The van der Waals surface area contributed by atoms with Crippen LogP contribution in [0.25, 0.3) is 10.9 Å². The topological polar surface area (TPSA) is 103 Å². The highest BCUT2D eigenvalue weighted by molar-refractivity contribution is 9.10. The molecule has 1 aromatic heterocycles. The van der Waals surface area contributed by atoms with Gasteiger partial charge >= 0.3 is 5.97 Å². The normalized spacial score (nSPS) is 13.3. The van der Waals surface area contributed by atoms with Crippen molar-refractivity contribution in [2.45, 2.75) is 39.2 Å². The van der Waals surface area contributed by atoms with Gasteiger partial charge in [-0.05, 0) is 59.6 Å². The van der Waals surface area contributed by atoms with Crippen molar-refractivity contribution >= 4 is 54.9 Å². The molecule has 0 amide bonds. The van der Waals surface area contributed by atoms with E-state index in [0.29, 0.717) is 32.5 Å². The summed E-state index contributed by atoms with van der Waals surface area (Å²) in [5, 5.41) is 14.0. The van der Waals surface area contributed by atoms with Crippen molar-refractivity contribution in [3.05, 3.63) is 61.0 Å². The van der Waals surface area contributed by atoms with Crippen molar-refractivity contribution in [1.82, 2.24) is 9.66 Å². The minimum absolute atomic E-state index is 0.00848. The van der Waals surface area contributed by atoms with Crippen molar-refractivity contribution in [1.29, 1.82) is 0 Å². The Morgan fingerprint density at radius 1 is 1.24 bits per heavy atom. The predicted octanol–water partition coefficient (Wildman–Crippen LogP) is 5.18. The Kier molecular flexibility index (Phi) is 7.91. The van der Waals surface area contributed by atoms with E-state index in [1.807, 2.05) is 19.9 Å². The number of benzene rings is 2. The summed E-state index contributed by atoms with van der Waals surface area (Å²) in [5.74, 6) is 0.0844. The number of fused-ring (bicyclic) bond motifs is 1. The summed E-state index contributed by atoms with van der Waals surface area (Å²) in [4.78, 5) is 29.1. The molecular formula is C23H23Br2N3O5. The molecule has 174 valence electrons. The number of nitrogens with zero attached hydrogens (tertiary/aromatic N) is 3. The Bertz CT molecular complexity index is 1290. The first-order chi connectivity index (χ1) is 15.7. The fourth-order valence-corrected chi connectivity index (χ4v) is 3.83. The zero-order valence-corrected chi connectivity index (χ0v) is 21.7. The number of aliphatic carboxylic acids is 1. The average Bonchev–Trinajstić information content (AvgIpc) is 2.79. The number of carboxylic acid groups (broad SMARTS) is 1. The molecule has 0 spiro atoms. The number of carbonyl (C=O) groups is 1. The van der Waals surface area contributed by atoms with E-state index < -0.39 is 12.1 Å². The molecule has 0 aliphatic carbocycles. The van der Waals surface area contributed by atoms with Gasteiger partial charge in [0.15, 0.2) is 17.6 Å². The summed E-state index contributed by atoms with van der Waals surface area (Å²) in [6.45, 7) is 5.45. The molecule has 0 saturated heterocycles. The molecule has 0 aliphatic heterocycles. The minimum atomic E-state index is -1.09. The average molecular weight is 581 g/mol. The largest absolute Gasteiger partial charge is 0.493 e. The van der Waals surface area contributed by atoms with Gasteiger partial charge in [-0.15, -0.1) is 0 Å². The van der Waals surface area contributed by atoms with E-state index in [-0.39, 0.29) is 17.2 Å². The first kappa shape index (κ1) is 24.9. The van der Waals surface area contributed by atoms with Crippen molar-refractivity contribution in [2.24, 2.45) is 5.10 Å². The van der Waals surface area contributed by atoms with Crippen molar-refractivity contribution in [3.63, 3.8) is 0 Å². The molecule has 10 heteroatoms. The summed E-state index contributed by atoms with van der Waals surface area (Å²) in [5.41, 5.74) is 0.951. The maximum atomic E-state index is 13.3. The third-order valence-electron chi connectivity index (χ3n) is 5.13. The van der Waals surface area contributed by atoms with Gasteiger partial charge in [-0.1, -0.05) is 29.8 Å². The molecule has 0 fully saturated rings. The van der Waals surface area contributed by atoms with Gasteiger partial charge < -0.3 is 14.6 Å². The van der Waals surface area contributed by atoms with Crippen molar-refractivity contribution in [2.75, 3.05) is 7.11 Å². The zero-order valence-electron chi connectivity index (χ0n) is 18.5. The second-order valence-electron chi connectivity index (χ2n) is 7.43. The lowest BCUT2D eigenvalue weighted by atomic mass is 10.1. The Balaban J connectivity index is 2.10. The molecule has 0 bridgehead atoms. The zero-order chi connectivity index (χ0) is 24.3. The van der Waals surface area contributed by atoms with Crippen LogP contribution in [0, 0.1) is 0 Å². The van der Waals surface area contributed by atoms with Crippen LogP contribution in [0.15, 0.2) is 49.2 Å². The quantitative estimate of drug-likeness (QED) is 0.368. The Morgan fingerprint density at radius 3 is 2.61 bits per heavy atom. The molecule has 33 heavy (non-hydrogen) atoms. The van der Waals surface area contributed by atoms with Gasteiger partial charge in [-0.2, -0.15) is 9.78 Å². The first-order valence-electron chi connectivity index (χ1n) is 10.2. The van der Waals surface area contributed by atoms with Crippen LogP contribution in [0.4, 0.5) is 0 Å². The highest BCUT2D eigenvalue weighted by Crippen LogP contribution is 2.33. The SMILES string of the molecule is CC[C@@H](C)c1nc2ccc(Br)cc2c(=O)n1N=Cc1cc(OC)c(O[C@@H](C)C(=O)O)cc1Br. The lowest BCUT2D eigenvalue weighted by Crippen LogP contribution is -2.24. The Morgan fingerprint density at radius 2 is 1.97 bits per heavy atom. The minimum Gasteiger partial charge on any atom is -0.493 e. The van der Waals surface area contributed by atoms with Crippen molar-refractivity contribution in [3.8, 4) is 11.5 Å². The number of halogens is 2. The second kappa shape index (κ2) is 10.5. The second-order valence-corrected chi connectivity index (χ2v) is 9.20. The number of carboxylic acids is 1. The maximum Gasteiger partial charge on any atom is 0.344 e. The molecule has 3 rings (SSSR count). The molecule has 3 aromatic rings. The standard InChI is InChI=1S/C23H23Br2N3O5/c1-5-12(2)21-27-18-7-6-15(24)9-16(18)22(29)28(21)26-11-14-8-19(32-4)20(10-17(14)25)33-13(3)23(30)31/h6-13H,5H2,1-4H3,(H,30,31)/t12-,13+/m1/s1. The molecular weight excluding hydrogens is 558 g/mol. The van der Waals surface area contributed by atoms with Crippen LogP contribution >= 0.6 is 31.9 Å². The Labute approximate surface area is 207 Å². The van der Waals surface area contributed by atoms with Gasteiger partial charge in [-0.25, -0.2) is 9.78 Å². The van der Waals surface area contributed by atoms with E-state index in [4.69, 9.17) is 19.6 Å². The third kappa shape index (κ3) is 5.44. The fraction of sp³-hybridized carbons (Fsp3) is 0.304. The molecule has 0 radical (unpaired) electrons. The van der Waals surface area contributed by atoms with Gasteiger partial charge in [0.1, 0.15) is 5.82 Å². The van der Waals surface area contributed by atoms with E-state index >= 15 is 0 Å². The van der Waals surface area contributed by atoms with Gasteiger partial charge in [0.25, 0.3) is 5.56 Å². The molecule has 0 unspecified atom stereocenters. The predicted molar refractivity (Wildman–Crippen MR) is 134 cm³/mol. The van der Waals surface area contributed by atoms with E-state index in [1.165, 1.54) is 24.9 Å². The van der Waals surface area contributed by atoms with Crippen LogP contribution in [0.2, 0.25) is 0 Å². The molecule has 8 nitrogen and oxygen atoms in total. The van der Waals surface area contributed by atoms with Gasteiger partial charge in [0, 0.05) is 20.4 Å². The monoisotopic (exact) mass is 579 g/mol. The molecule has 0 saturated carbocycles. The number of ether oxygens (including phenoxy) is 2. The summed E-state index contributed by atoms with van der Waals surface area (Å²) in [6, 6.07) is 8.63. The van der Waals surface area contributed by atoms with E-state index in [0.717, 1.165) is 10.9 Å². The number of rotatable bonds is 8. The first-order valence-corrected chi connectivity index (χ1v) is 11.8. The van der Waals surface area contributed by atoms with Gasteiger partial charge in [0.2, 0.25) is 0 Å². The molecule has 2 atom stereocenters. The number of aromatic nitrogens is 2. The van der Waals surface area contributed by atoms with E-state index in [9.17, 15) is 9.59 Å². The third-order valence-corrected chi connectivity index (χ3v) is 6.31. The number of hydrogen-bond acceptors (Lipinski definition) is 6. The highest BCUT2D eigenvalue weighted by atomic mass is 79.9. The van der Waals surface area contributed by atoms with Gasteiger partial charge in [0.05, 0.1) is 24.2 Å². The number of methoxy groups -OCH3 is 1. The summed E-state index contributed by atoms with van der Waals surface area (Å²) in [6.07, 6.45) is 1.26. The van der Waals surface area contributed by atoms with Crippen LogP contribution in [0.1, 0.15) is 44.5 Å². The van der Waals surface area contributed by atoms with E-state index in [1.54, 1.807) is 24.3 Å². The van der Waals surface area contributed by atoms with Crippen molar-refractivity contribution < 1.29 is 19.4 Å². The summed E-state index contributed by atoms with van der Waals surface area (Å²) in [7, 11) is 1.46. The van der Waals surface area contributed by atoms with Crippen LogP contribution in [-0.4, -0.2) is 40.2 Å². The van der Waals surface area contributed by atoms with Crippen LogP contribution in [0.3, 0.4) is 0 Å². The summed E-state index contributed by atoms with van der Waals surface area (Å²) >= 11 is 6.86. The fourth-order valence-electron chi connectivity index (χ4n) is 3.04. The lowest BCUT2D eigenvalue weighted by molar-refractivity contribution is -0.144. The smallest absolute Gasteiger partial charge is 0.344 e. The maximum absolute atomic E-state index is 13.3. The summed E-state index contributed by atoms with van der Waals surface area (Å²) < 4.78 is 13.5. The lowest BCUT2D eigenvalue weighted by Gasteiger charge is -2.16. The molecule has 0 aliphatic rings. The van der Waals surface area contributed by atoms with Gasteiger partial charge in [-0.3, -0.25) is 4.79 Å². The van der Waals surface area contributed by atoms with Crippen LogP contribution < -0.4 is 15.0 Å². The molecule has 1 heterocycles.